The molecule has 8 heteroatoms. The van der Waals surface area contributed by atoms with Gasteiger partial charge in [0.25, 0.3) is 0 Å². The summed E-state index contributed by atoms with van der Waals surface area (Å²) in [6.45, 7) is 6.75. The third-order valence-electron chi connectivity index (χ3n) is 3.01. The topological polar surface area (TPSA) is 6.48 Å². The molecule has 1 heterocycles. The fraction of sp³-hybridized carbons (Fsp3) is 1.00. The van der Waals surface area contributed by atoms with Gasteiger partial charge in [0.15, 0.2) is 0 Å². The number of nitrogens with zero attached hydrogens (tertiary/aromatic N) is 2. The summed E-state index contributed by atoms with van der Waals surface area (Å²) in [7, 11) is 0. The first kappa shape index (κ1) is 24.0. The molecule has 0 bridgehead atoms. The van der Waals surface area contributed by atoms with Crippen molar-refractivity contribution in [2.24, 2.45) is 0 Å². The number of hydrogen-bond acceptors (Lipinski definition) is 4. The fourth-order valence-electron chi connectivity index (χ4n) is 1.89. The Labute approximate surface area is 154 Å². The number of thioether (sulfide) groups is 2. The van der Waals surface area contributed by atoms with Gasteiger partial charge in [-0.25, -0.2) is 0 Å². The van der Waals surface area contributed by atoms with Crippen LogP contribution in [-0.2, 0) is 0 Å². The van der Waals surface area contributed by atoms with Crippen molar-refractivity contribution in [1.29, 1.82) is 0 Å². The molecule has 1 aliphatic rings. The monoisotopic (exact) mass is 402 g/mol. The van der Waals surface area contributed by atoms with Crippen LogP contribution >= 0.6 is 71.5 Å². The number of hydrogen-bond donors (Lipinski definition) is 0. The molecule has 1 rings (SSSR count). The number of rotatable bonds is 4. The maximum absolute atomic E-state index is 5.84. The van der Waals surface area contributed by atoms with Crippen LogP contribution in [0, 0.1) is 0 Å². The van der Waals surface area contributed by atoms with Crippen LogP contribution < -0.4 is 0 Å². The van der Waals surface area contributed by atoms with Gasteiger partial charge >= 0.3 is 0 Å². The van der Waals surface area contributed by atoms with Crippen LogP contribution in [0.5, 0.6) is 0 Å². The third kappa shape index (κ3) is 12.3. The van der Waals surface area contributed by atoms with E-state index < -0.39 is 0 Å². The molecular formula is C12H26Cl4N2S2. The highest BCUT2D eigenvalue weighted by molar-refractivity contribution is 7.99. The van der Waals surface area contributed by atoms with Crippen molar-refractivity contribution in [2.45, 2.75) is 0 Å². The molecule has 2 nitrogen and oxygen atoms in total. The van der Waals surface area contributed by atoms with Crippen LogP contribution in [0.25, 0.3) is 0 Å². The molecule has 1 fully saturated rings. The van der Waals surface area contributed by atoms with E-state index in [0.717, 1.165) is 24.8 Å². The molecule has 0 radical (unpaired) electrons. The van der Waals surface area contributed by atoms with Crippen LogP contribution in [0.4, 0.5) is 0 Å². The third-order valence-corrected chi connectivity index (χ3v) is 5.23. The molecule has 0 saturated carbocycles. The highest BCUT2D eigenvalue weighted by Gasteiger charge is 2.08. The molecule has 0 aromatic heterocycles. The zero-order valence-corrected chi connectivity index (χ0v) is 16.5. The van der Waals surface area contributed by atoms with Gasteiger partial charge in [0.05, 0.1) is 0 Å². The van der Waals surface area contributed by atoms with E-state index in [-0.39, 0.29) is 24.8 Å². The summed E-state index contributed by atoms with van der Waals surface area (Å²) < 4.78 is 0. The second-order valence-electron chi connectivity index (χ2n) is 4.29. The first-order valence-corrected chi connectivity index (χ1v) is 9.97. The first-order chi connectivity index (χ1) is 8.86. The second kappa shape index (κ2) is 17.1. The van der Waals surface area contributed by atoms with Gasteiger partial charge in [-0.1, -0.05) is 0 Å². The molecule has 20 heavy (non-hydrogen) atoms. The molecule has 0 aliphatic carbocycles. The van der Waals surface area contributed by atoms with Gasteiger partial charge in [0.2, 0.25) is 0 Å². The number of alkyl halides is 2. The van der Waals surface area contributed by atoms with Crippen LogP contribution in [0.3, 0.4) is 0 Å². The van der Waals surface area contributed by atoms with Gasteiger partial charge < -0.3 is 9.80 Å². The Balaban J connectivity index is 0. The maximum atomic E-state index is 5.84. The Hall–Kier alpha value is 1.78. The van der Waals surface area contributed by atoms with Crippen molar-refractivity contribution in [3.05, 3.63) is 0 Å². The summed E-state index contributed by atoms with van der Waals surface area (Å²) in [6.07, 6.45) is 0. The molecule has 0 amide bonds. The van der Waals surface area contributed by atoms with E-state index in [1.54, 1.807) is 0 Å². The number of halogens is 4. The fourth-order valence-corrected chi connectivity index (χ4v) is 4.32. The smallest absolute Gasteiger partial charge is 0.0351 e. The lowest BCUT2D eigenvalue weighted by atomic mass is 10.5. The Morgan fingerprint density at radius 1 is 0.650 bits per heavy atom. The van der Waals surface area contributed by atoms with Crippen LogP contribution in [0.15, 0.2) is 0 Å². The molecule has 1 aliphatic heterocycles. The molecule has 0 aromatic rings. The summed E-state index contributed by atoms with van der Waals surface area (Å²) in [6, 6.07) is 0. The van der Waals surface area contributed by atoms with E-state index in [4.69, 9.17) is 23.2 Å². The van der Waals surface area contributed by atoms with E-state index in [2.05, 4.69) is 33.3 Å². The highest BCUT2D eigenvalue weighted by Crippen LogP contribution is 2.08. The zero-order chi connectivity index (χ0) is 13.1. The first-order valence-electron chi connectivity index (χ1n) is 6.59. The second-order valence-corrected chi connectivity index (χ2v) is 7.49. The van der Waals surface area contributed by atoms with Gasteiger partial charge in [0, 0.05) is 74.0 Å². The van der Waals surface area contributed by atoms with Crippen molar-refractivity contribution < 1.29 is 0 Å². The zero-order valence-electron chi connectivity index (χ0n) is 11.8. The van der Waals surface area contributed by atoms with Crippen LogP contribution in [-0.4, -0.2) is 83.8 Å². The molecule has 1 saturated heterocycles. The quantitative estimate of drug-likeness (QED) is 0.663. The summed E-state index contributed by atoms with van der Waals surface area (Å²) in [4.78, 5) is 4.98. The van der Waals surface area contributed by atoms with E-state index in [1.165, 1.54) is 49.2 Å². The predicted molar refractivity (Wildman–Crippen MR) is 103 cm³/mol. The van der Waals surface area contributed by atoms with Crippen LogP contribution in [0.1, 0.15) is 0 Å². The van der Waals surface area contributed by atoms with Gasteiger partial charge in [0.1, 0.15) is 0 Å². The normalized spacial score (nSPS) is 20.1. The molecular weight excluding hydrogens is 378 g/mol. The highest BCUT2D eigenvalue weighted by atomic mass is 35.5. The maximum Gasteiger partial charge on any atom is 0.0351 e. The van der Waals surface area contributed by atoms with Gasteiger partial charge in [-0.15, -0.1) is 48.0 Å². The van der Waals surface area contributed by atoms with Crippen molar-refractivity contribution in [1.82, 2.24) is 9.80 Å². The van der Waals surface area contributed by atoms with Crippen molar-refractivity contribution in [3.8, 4) is 0 Å². The molecule has 0 unspecified atom stereocenters. The minimum atomic E-state index is 0. The summed E-state index contributed by atoms with van der Waals surface area (Å²) in [5.74, 6) is 6.37. The Morgan fingerprint density at radius 2 is 0.950 bits per heavy atom. The molecule has 0 aromatic carbocycles. The van der Waals surface area contributed by atoms with Gasteiger partial charge in [-0.2, -0.15) is 23.5 Å². The Bertz CT molecular complexity index is 172. The molecule has 0 N–H and O–H groups in total. The van der Waals surface area contributed by atoms with Crippen molar-refractivity contribution in [3.63, 3.8) is 0 Å². The van der Waals surface area contributed by atoms with Gasteiger partial charge in [-0.3, -0.25) is 0 Å². The summed E-state index contributed by atoms with van der Waals surface area (Å²) >= 11 is 15.8. The molecule has 124 valence electrons. The lowest BCUT2D eigenvalue weighted by Crippen LogP contribution is -2.33. The average Bonchev–Trinajstić information content (AvgIpc) is 2.35. The summed E-state index contributed by atoms with van der Waals surface area (Å²) in [5.41, 5.74) is 0. The van der Waals surface area contributed by atoms with Crippen molar-refractivity contribution in [2.75, 3.05) is 74.0 Å². The van der Waals surface area contributed by atoms with E-state index in [0.29, 0.717) is 0 Å². The minimum Gasteiger partial charge on any atom is -0.301 e. The Morgan fingerprint density at radius 3 is 1.20 bits per heavy atom. The average molecular weight is 404 g/mol. The predicted octanol–water partition coefficient (Wildman–Crippen LogP) is 3.39. The lowest BCUT2D eigenvalue weighted by molar-refractivity contribution is 0.321. The molecule has 0 spiro atoms. The molecule has 0 atom stereocenters. The SMILES string of the molecule is Cl.Cl.ClCCN1CCSCCN(CCCl)CCSCC1. The minimum absolute atomic E-state index is 0. The summed E-state index contributed by atoms with van der Waals surface area (Å²) in [5, 5.41) is 0. The van der Waals surface area contributed by atoms with E-state index in [9.17, 15) is 0 Å². The van der Waals surface area contributed by atoms with Crippen molar-refractivity contribution >= 4 is 71.5 Å². The standard InChI is InChI=1S/C12H24Cl2N2S2.2ClH/c13-1-3-15-5-9-17-11-7-16(4-2-14)8-12-18-10-6-15;;/h1-12H2;2*1H. The Kier molecular flexibility index (Phi) is 20.6. The van der Waals surface area contributed by atoms with E-state index >= 15 is 0 Å². The van der Waals surface area contributed by atoms with Crippen LogP contribution in [0.2, 0.25) is 0 Å². The lowest BCUT2D eigenvalue weighted by Gasteiger charge is -2.24. The van der Waals surface area contributed by atoms with Gasteiger partial charge in [-0.05, 0) is 0 Å². The van der Waals surface area contributed by atoms with E-state index in [1.807, 2.05) is 0 Å². The largest absolute Gasteiger partial charge is 0.301 e.